The first-order valence-electron chi connectivity index (χ1n) is 42.0. The van der Waals surface area contributed by atoms with Crippen LogP contribution in [0.3, 0.4) is 0 Å². The Hall–Kier alpha value is -15.5. The molecule has 128 heavy (non-hydrogen) atoms. The summed E-state index contributed by atoms with van der Waals surface area (Å²) in [5.74, 6) is 0.592. The van der Waals surface area contributed by atoms with Crippen molar-refractivity contribution < 1.29 is 40.2 Å². The van der Waals surface area contributed by atoms with Gasteiger partial charge in [-0.05, 0) is 183 Å². The number of pyridine rings is 4. The zero-order valence-electron chi connectivity index (χ0n) is 69.2. The molecule has 0 saturated heterocycles. The van der Waals surface area contributed by atoms with Crippen molar-refractivity contribution in [3.63, 3.8) is 0 Å². The van der Waals surface area contributed by atoms with Crippen LogP contribution in [0.5, 0.6) is 0 Å². The van der Waals surface area contributed by atoms with Crippen molar-refractivity contribution in [2.45, 2.75) is 0 Å². The Morgan fingerprint density at radius 1 is 0.141 bits per heavy atom. The van der Waals surface area contributed by atoms with Gasteiger partial charge in [-0.1, -0.05) is 335 Å². The second-order valence-electron chi connectivity index (χ2n) is 30.7. The average molecular weight is 1990 g/mol. The molecule has 0 aliphatic rings. The first-order chi connectivity index (χ1) is 62.4. The second-order valence-corrected chi connectivity index (χ2v) is 30.7. The molecule has 0 N–H and O–H groups in total. The third-order valence-electron chi connectivity index (χ3n) is 22.9. The molecule has 16 aromatic carbocycles. The van der Waals surface area contributed by atoms with Gasteiger partial charge in [-0.15, -0.1) is 119 Å². The fourth-order valence-electron chi connectivity index (χ4n) is 16.5. The molecule has 0 atom stereocenters. The Kier molecular flexibility index (Phi) is 25.5. The maximum Gasteiger partial charge on any atom is 3.00 e. The molecule has 0 amide bonds. The summed E-state index contributed by atoms with van der Waals surface area (Å²) in [4.78, 5) is 27.7. The Bertz CT molecular complexity index is 7010. The fraction of sp³-hybridized carbons (Fsp3) is 0. The summed E-state index contributed by atoms with van der Waals surface area (Å²) in [6.45, 7) is 0. The Morgan fingerprint density at radius 3 is 0.633 bits per heavy atom. The topological polar surface area (TPSA) is 77.3 Å². The molecule has 604 valence electrons. The van der Waals surface area contributed by atoms with Gasteiger partial charge in [0.25, 0.3) is 0 Å². The number of rotatable bonds is 19. The van der Waals surface area contributed by atoms with E-state index < -0.39 is 0 Å². The predicted molar refractivity (Wildman–Crippen MR) is 516 cm³/mol. The smallest absolute Gasteiger partial charge is 0.333 e. The number of benzene rings is 16. The van der Waals surface area contributed by atoms with Gasteiger partial charge in [-0.2, -0.15) is 5.56 Å². The van der Waals surface area contributed by atoms with Gasteiger partial charge in [0, 0.05) is 37.2 Å². The molecular weight excluding hydrogens is 1910 g/mol. The Morgan fingerprint density at radius 2 is 0.367 bits per heavy atom. The minimum atomic E-state index is 0. The van der Waals surface area contributed by atoms with E-state index >= 15 is 0 Å². The van der Waals surface area contributed by atoms with E-state index in [-0.39, 0.29) is 40.2 Å². The molecule has 8 heteroatoms. The van der Waals surface area contributed by atoms with E-state index in [1.165, 1.54) is 22.3 Å². The van der Waals surface area contributed by atoms with Crippen molar-refractivity contribution in [1.82, 2.24) is 29.9 Å². The molecule has 0 aliphatic heterocycles. The minimum Gasteiger partial charge on any atom is -0.333 e. The van der Waals surface area contributed by atoms with E-state index in [2.05, 4.69) is 439 Å². The van der Waals surface area contributed by atoms with Gasteiger partial charge in [0.2, 0.25) is 0 Å². The van der Waals surface area contributed by atoms with Crippen LogP contribution in [0.4, 0.5) is 0 Å². The van der Waals surface area contributed by atoms with Crippen molar-refractivity contribution in [3.05, 3.63) is 498 Å². The third-order valence-corrected chi connectivity index (χ3v) is 22.9. The Balaban J connectivity index is 0.000000177. The summed E-state index contributed by atoms with van der Waals surface area (Å²) < 4.78 is 0. The van der Waals surface area contributed by atoms with Crippen LogP contribution in [0.2, 0.25) is 0 Å². The van der Waals surface area contributed by atoms with Crippen molar-refractivity contribution in [2.75, 3.05) is 0 Å². The molecule has 0 aliphatic carbocycles. The van der Waals surface area contributed by atoms with Crippen LogP contribution in [-0.2, 0) is 40.2 Å². The largest absolute Gasteiger partial charge is 3.00 e. The van der Waals surface area contributed by atoms with Gasteiger partial charge >= 0.3 is 40.2 Å². The maximum absolute atomic E-state index is 4.74. The van der Waals surface area contributed by atoms with Crippen LogP contribution in [-0.4, -0.2) is 29.9 Å². The van der Waals surface area contributed by atoms with Crippen LogP contribution < -0.4 is 0 Å². The predicted octanol–water partition coefficient (Wildman–Crippen LogP) is 30.2. The summed E-state index contributed by atoms with van der Waals surface area (Å²) in [6, 6.07) is 170. The number of nitrogens with zero attached hydrogens (tertiary/aromatic N) is 6. The molecular formula is C120H76Ir2N6. The van der Waals surface area contributed by atoms with E-state index in [0.29, 0.717) is 5.82 Å². The normalized spacial score (nSPS) is 10.8. The summed E-state index contributed by atoms with van der Waals surface area (Å²) in [6.07, 6.45) is 11.0. The molecule has 5 heterocycles. The maximum atomic E-state index is 4.74. The molecule has 0 fully saturated rings. The third kappa shape index (κ3) is 18.5. The summed E-state index contributed by atoms with van der Waals surface area (Å²) in [5.41, 5.74) is 39.4. The monoisotopic (exact) mass is 1990 g/mol. The molecule has 21 aromatic rings. The zero-order chi connectivity index (χ0) is 84.2. The standard InChI is InChI=1S/C68H42N4.C52H34N2.2Ir/c1-3-14-47(15-4-1)55-36-40-69-66(45-55)52-30-24-49(25-31-52)60-18-7-10-21-63(60)57-42-58(44-59(43-57)65-23-12-9-20-62(65)51-28-34-54(35-29-51)68-71-38-13-39-72-68)64-22-11-8-19-61(64)50-26-32-53(33-27-50)67-46-56(37-41-70-67)48-16-5-2-6-17-48;1-3-12-37(13-4-1)43-30-32-53-51(35-43)41-26-22-39(23-27-41)47-18-7-9-20-49(47)45-16-11-17-46(34-45)50-21-10-8-19-48(50)40-24-28-42(29-25-40)52-36-44(31-33-54-52)38-14-5-2-6-15-38;;/h1-30,32,36-46H;1-26,28,30-36H;;/q-4;-2;2*+3. The summed E-state index contributed by atoms with van der Waals surface area (Å²) in [7, 11) is 0. The molecule has 21 rings (SSSR count). The number of hydrogen-bond acceptors (Lipinski definition) is 6. The van der Waals surface area contributed by atoms with Crippen LogP contribution in [0.15, 0.2) is 462 Å². The average Bonchev–Trinajstić information content (AvgIpc) is 0.766. The molecule has 0 radical (unpaired) electrons. The molecule has 0 spiro atoms. The van der Waals surface area contributed by atoms with Gasteiger partial charge in [0.05, 0.1) is 0 Å². The van der Waals surface area contributed by atoms with E-state index in [0.717, 1.165) is 184 Å². The quantitative estimate of drug-likeness (QED) is 0.0751. The van der Waals surface area contributed by atoms with Crippen LogP contribution in [0.1, 0.15) is 0 Å². The summed E-state index contributed by atoms with van der Waals surface area (Å²) >= 11 is 0. The first-order valence-corrected chi connectivity index (χ1v) is 42.0. The van der Waals surface area contributed by atoms with E-state index in [9.17, 15) is 0 Å². The molecule has 0 saturated carbocycles. The van der Waals surface area contributed by atoms with Gasteiger partial charge in [-0.25, -0.2) is 17.7 Å². The molecule has 0 unspecified atom stereocenters. The van der Waals surface area contributed by atoms with Gasteiger partial charge in [0.15, 0.2) is 0 Å². The number of hydrogen-bond donors (Lipinski definition) is 0. The zero-order valence-corrected chi connectivity index (χ0v) is 74.0. The summed E-state index contributed by atoms with van der Waals surface area (Å²) in [5, 5.41) is 0. The Labute approximate surface area is 774 Å². The van der Waals surface area contributed by atoms with E-state index in [1.54, 1.807) is 12.4 Å². The van der Waals surface area contributed by atoms with Crippen LogP contribution in [0, 0.1) is 36.4 Å². The van der Waals surface area contributed by atoms with Crippen molar-refractivity contribution in [1.29, 1.82) is 0 Å². The van der Waals surface area contributed by atoms with E-state index in [1.807, 2.05) is 67.3 Å². The van der Waals surface area contributed by atoms with Crippen molar-refractivity contribution >= 4 is 0 Å². The number of aromatic nitrogens is 6. The minimum absolute atomic E-state index is 0. The van der Waals surface area contributed by atoms with Gasteiger partial charge in [0.1, 0.15) is 0 Å². The fourth-order valence-corrected chi connectivity index (χ4v) is 16.5. The van der Waals surface area contributed by atoms with Crippen LogP contribution >= 0.6 is 0 Å². The molecule has 0 bridgehead atoms. The molecule has 6 nitrogen and oxygen atoms in total. The van der Waals surface area contributed by atoms with Crippen molar-refractivity contribution in [3.8, 4) is 212 Å². The van der Waals surface area contributed by atoms with Crippen molar-refractivity contribution in [2.24, 2.45) is 0 Å². The van der Waals surface area contributed by atoms with Gasteiger partial charge in [-0.3, -0.25) is 12.1 Å². The second kappa shape index (κ2) is 39.1. The van der Waals surface area contributed by atoms with Gasteiger partial charge < -0.3 is 29.9 Å². The molecule has 5 aromatic heterocycles. The van der Waals surface area contributed by atoms with Crippen LogP contribution in [0.25, 0.3) is 212 Å². The van der Waals surface area contributed by atoms with E-state index in [4.69, 9.17) is 9.97 Å². The SMILES string of the molecule is [Ir+3].[Ir+3].[c-]1cc(-c2ccccc2-c2cc(-c3ccccc3-c3c[c-]c(-c4cc(-c5ccccc5)ccn4)cc3)cc(-c3ccccc3-c3c[c-]c(-c4cc(-c5ccccc5)ccn4)cc3)c2)c[c-]c1-c1ncccn1.[c-]1cc(-c2ccccc2-c2cccc(-c3ccccc3-c3c[c-]c(-c4cc(-c5ccccc5)ccn4)cc3)c2)ccc1-c1cc(-c2ccccc2)ccn1. The first kappa shape index (κ1) is 83.4.